The summed E-state index contributed by atoms with van der Waals surface area (Å²) < 4.78 is 23.8. The van der Waals surface area contributed by atoms with E-state index in [2.05, 4.69) is 18.2 Å². The maximum absolute atomic E-state index is 8.93. The first kappa shape index (κ1) is 23.0. The van der Waals surface area contributed by atoms with Crippen molar-refractivity contribution in [2.45, 2.75) is 70.9 Å². The summed E-state index contributed by atoms with van der Waals surface area (Å²) in [6.45, 7) is 8.55. The lowest BCUT2D eigenvalue weighted by Crippen LogP contribution is -2.46. The first-order valence-electron chi connectivity index (χ1n) is 10.7. The van der Waals surface area contributed by atoms with Crippen molar-refractivity contribution < 1.29 is 18.0 Å². The lowest BCUT2D eigenvalue weighted by atomic mass is 9.82. The molecule has 0 bridgehead atoms. The van der Waals surface area contributed by atoms with Crippen molar-refractivity contribution in [3.8, 4) is 6.07 Å². The molecular formula is C22H35NO4Si. The van der Waals surface area contributed by atoms with Crippen LogP contribution in [0.1, 0.15) is 69.9 Å². The van der Waals surface area contributed by atoms with Gasteiger partial charge < -0.3 is 18.0 Å². The lowest BCUT2D eigenvalue weighted by molar-refractivity contribution is 0.0202. The van der Waals surface area contributed by atoms with Crippen molar-refractivity contribution in [1.29, 1.82) is 5.26 Å². The van der Waals surface area contributed by atoms with Crippen LogP contribution in [0.3, 0.4) is 0 Å². The molecule has 2 rings (SSSR count). The molecule has 1 aromatic carbocycles. The highest BCUT2D eigenvalue weighted by atomic mass is 28.4. The zero-order valence-electron chi connectivity index (χ0n) is 17.6. The van der Waals surface area contributed by atoms with Crippen LogP contribution < -0.4 is 0 Å². The molecule has 0 heterocycles. The van der Waals surface area contributed by atoms with E-state index in [9.17, 15) is 0 Å². The third kappa shape index (κ3) is 6.98. The summed E-state index contributed by atoms with van der Waals surface area (Å²) in [6, 6.07) is 11.0. The van der Waals surface area contributed by atoms with Gasteiger partial charge in [0.2, 0.25) is 0 Å². The molecule has 6 heteroatoms. The number of nitrogens with zero attached hydrogens (tertiary/aromatic N) is 1. The van der Waals surface area contributed by atoms with Crippen molar-refractivity contribution in [1.82, 2.24) is 0 Å². The van der Waals surface area contributed by atoms with E-state index in [1.54, 1.807) is 0 Å². The van der Waals surface area contributed by atoms with Crippen LogP contribution in [0.25, 0.3) is 0 Å². The van der Waals surface area contributed by atoms with Gasteiger partial charge in [-0.15, -0.1) is 0 Å². The van der Waals surface area contributed by atoms with Gasteiger partial charge in [0.25, 0.3) is 0 Å². The maximum Gasteiger partial charge on any atom is 0.501 e. The van der Waals surface area contributed by atoms with Gasteiger partial charge in [0.15, 0.2) is 0 Å². The highest BCUT2D eigenvalue weighted by Gasteiger charge is 2.39. The molecule has 1 aliphatic rings. The fourth-order valence-corrected chi connectivity index (χ4v) is 6.51. The molecule has 1 aliphatic carbocycles. The second-order valence-electron chi connectivity index (χ2n) is 7.16. The molecule has 0 spiro atoms. The van der Waals surface area contributed by atoms with Crippen molar-refractivity contribution in [3.05, 3.63) is 35.4 Å². The topological polar surface area (TPSA) is 60.7 Å². The van der Waals surface area contributed by atoms with Crippen LogP contribution in [-0.4, -0.2) is 41.3 Å². The molecule has 1 fully saturated rings. The molecule has 1 aromatic rings. The SMILES string of the molecule is CCO[Si](CCCO[C@H]1CC[C@H](c2ccc(C#N)cc2)CC1)(OCC)OCC. The van der Waals surface area contributed by atoms with Gasteiger partial charge in [-0.05, 0) is 76.5 Å². The Hall–Kier alpha value is -1.23. The minimum absolute atomic E-state index is 0.344. The van der Waals surface area contributed by atoms with Crippen LogP contribution in [0.15, 0.2) is 24.3 Å². The van der Waals surface area contributed by atoms with Crippen molar-refractivity contribution >= 4 is 8.80 Å². The number of ether oxygens (including phenoxy) is 1. The van der Waals surface area contributed by atoms with Crippen LogP contribution in [0.5, 0.6) is 0 Å². The zero-order valence-corrected chi connectivity index (χ0v) is 18.6. The number of hydrogen-bond acceptors (Lipinski definition) is 5. The van der Waals surface area contributed by atoms with Gasteiger partial charge in [-0.3, -0.25) is 0 Å². The maximum atomic E-state index is 8.93. The molecule has 0 aromatic heterocycles. The van der Waals surface area contributed by atoms with Gasteiger partial charge in [-0.2, -0.15) is 5.26 Å². The Balaban J connectivity index is 1.72. The van der Waals surface area contributed by atoms with E-state index in [0.29, 0.717) is 31.8 Å². The molecule has 0 saturated heterocycles. The van der Waals surface area contributed by atoms with E-state index < -0.39 is 8.80 Å². The third-order valence-corrected chi connectivity index (χ3v) is 8.41. The molecule has 0 aliphatic heterocycles. The Bertz CT molecular complexity index is 577. The standard InChI is InChI=1S/C22H35NO4Si/c1-4-25-28(26-5-2,27-6-3)17-7-16-24-22-14-12-21(13-15-22)20-10-8-19(18-23)9-11-20/h8-11,21-22H,4-7,12-17H2,1-3H3/t21-,22-. The molecule has 28 heavy (non-hydrogen) atoms. The van der Waals surface area contributed by atoms with Gasteiger partial charge in [0.1, 0.15) is 0 Å². The number of benzene rings is 1. The summed E-state index contributed by atoms with van der Waals surface area (Å²) in [4.78, 5) is 0. The first-order valence-corrected chi connectivity index (χ1v) is 12.6. The van der Waals surface area contributed by atoms with Crippen LogP contribution in [0.2, 0.25) is 6.04 Å². The van der Waals surface area contributed by atoms with Gasteiger partial charge in [0.05, 0.1) is 17.7 Å². The van der Waals surface area contributed by atoms with Crippen LogP contribution in [-0.2, 0) is 18.0 Å². The first-order chi connectivity index (χ1) is 13.7. The second kappa shape index (κ2) is 12.4. The minimum atomic E-state index is -2.55. The van der Waals surface area contributed by atoms with Crippen molar-refractivity contribution in [2.24, 2.45) is 0 Å². The Morgan fingerprint density at radius 1 is 0.929 bits per heavy atom. The predicted octanol–water partition coefficient (Wildman–Crippen LogP) is 5.04. The summed E-state index contributed by atoms with van der Waals surface area (Å²) in [5, 5.41) is 8.93. The normalized spacial score (nSPS) is 20.1. The van der Waals surface area contributed by atoms with Crippen molar-refractivity contribution in [2.75, 3.05) is 26.4 Å². The Morgan fingerprint density at radius 2 is 1.50 bits per heavy atom. The van der Waals surface area contributed by atoms with E-state index in [1.165, 1.54) is 5.56 Å². The largest absolute Gasteiger partial charge is 0.501 e. The molecule has 1 saturated carbocycles. The Labute approximate surface area is 171 Å². The van der Waals surface area contributed by atoms with Gasteiger partial charge in [-0.1, -0.05) is 12.1 Å². The third-order valence-electron chi connectivity index (χ3n) is 5.26. The second-order valence-corrected chi connectivity index (χ2v) is 9.90. The summed E-state index contributed by atoms with van der Waals surface area (Å²) in [6.07, 6.45) is 5.72. The fraction of sp³-hybridized carbons (Fsp3) is 0.682. The molecule has 0 N–H and O–H groups in total. The summed E-state index contributed by atoms with van der Waals surface area (Å²) >= 11 is 0. The predicted molar refractivity (Wildman–Crippen MR) is 112 cm³/mol. The number of hydrogen-bond donors (Lipinski definition) is 0. The molecule has 0 amide bonds. The van der Waals surface area contributed by atoms with E-state index in [0.717, 1.165) is 50.3 Å². The lowest BCUT2D eigenvalue weighted by Gasteiger charge is -2.30. The van der Waals surface area contributed by atoms with Crippen LogP contribution in [0, 0.1) is 11.3 Å². The molecular weight excluding hydrogens is 370 g/mol. The van der Waals surface area contributed by atoms with E-state index in [1.807, 2.05) is 32.9 Å². The molecule has 0 radical (unpaired) electrons. The number of rotatable bonds is 12. The molecule has 0 atom stereocenters. The average molecular weight is 406 g/mol. The molecule has 5 nitrogen and oxygen atoms in total. The number of nitriles is 1. The monoisotopic (exact) mass is 405 g/mol. The Kier molecular flexibility index (Phi) is 10.2. The van der Waals surface area contributed by atoms with Gasteiger partial charge in [-0.25, -0.2) is 0 Å². The van der Waals surface area contributed by atoms with E-state index in [-0.39, 0.29) is 0 Å². The smallest absolute Gasteiger partial charge is 0.378 e. The minimum Gasteiger partial charge on any atom is -0.378 e. The zero-order chi connectivity index (χ0) is 20.2. The highest BCUT2D eigenvalue weighted by Crippen LogP contribution is 2.34. The van der Waals surface area contributed by atoms with E-state index >= 15 is 0 Å². The molecule has 0 unspecified atom stereocenters. The summed E-state index contributed by atoms with van der Waals surface area (Å²) in [5.74, 6) is 0.585. The highest BCUT2D eigenvalue weighted by molar-refractivity contribution is 6.60. The Morgan fingerprint density at radius 3 is 2.00 bits per heavy atom. The van der Waals surface area contributed by atoms with E-state index in [4.69, 9.17) is 23.3 Å². The quantitative estimate of drug-likeness (QED) is 0.360. The van der Waals surface area contributed by atoms with Gasteiger partial charge >= 0.3 is 8.80 Å². The van der Waals surface area contributed by atoms with Gasteiger partial charge in [0, 0.05) is 32.5 Å². The summed E-state index contributed by atoms with van der Waals surface area (Å²) in [5.41, 5.74) is 2.07. The average Bonchev–Trinajstić information content (AvgIpc) is 2.72. The summed E-state index contributed by atoms with van der Waals surface area (Å²) in [7, 11) is -2.55. The molecule has 156 valence electrons. The van der Waals surface area contributed by atoms with Crippen LogP contribution in [0.4, 0.5) is 0 Å². The fourth-order valence-electron chi connectivity index (χ4n) is 3.93. The van der Waals surface area contributed by atoms with Crippen LogP contribution >= 0.6 is 0 Å². The van der Waals surface area contributed by atoms with Crippen molar-refractivity contribution in [3.63, 3.8) is 0 Å².